The lowest BCUT2D eigenvalue weighted by molar-refractivity contribution is -0.131. The van der Waals surface area contributed by atoms with Gasteiger partial charge < -0.3 is 9.47 Å². The number of benzene rings is 2. The molecule has 1 aliphatic rings. The molecule has 0 unspecified atom stereocenters. The van der Waals surface area contributed by atoms with E-state index >= 15 is 0 Å². The van der Waals surface area contributed by atoms with E-state index in [1.165, 1.54) is 11.1 Å². The lowest BCUT2D eigenvalue weighted by Crippen LogP contribution is -2.45. The molecule has 0 saturated heterocycles. The summed E-state index contributed by atoms with van der Waals surface area (Å²) in [6, 6.07) is 11.6. The van der Waals surface area contributed by atoms with Gasteiger partial charge in [-0.2, -0.15) is 0 Å². The summed E-state index contributed by atoms with van der Waals surface area (Å²) in [4.78, 5) is 23.6. The molecule has 2 aromatic rings. The van der Waals surface area contributed by atoms with Gasteiger partial charge in [0.15, 0.2) is 13.2 Å². The van der Waals surface area contributed by atoms with E-state index in [0.29, 0.717) is 11.5 Å². The van der Waals surface area contributed by atoms with Gasteiger partial charge in [0.05, 0.1) is 0 Å². The Kier molecular flexibility index (Phi) is 5.96. The predicted molar refractivity (Wildman–Crippen MR) is 102 cm³/mol. The zero-order valence-corrected chi connectivity index (χ0v) is 15.6. The molecule has 0 bridgehead atoms. The second-order valence-electron chi connectivity index (χ2n) is 6.78. The van der Waals surface area contributed by atoms with Crippen molar-refractivity contribution in [3.8, 4) is 11.5 Å². The van der Waals surface area contributed by atoms with E-state index in [2.05, 4.69) is 10.9 Å². The zero-order chi connectivity index (χ0) is 19.2. The minimum absolute atomic E-state index is 0.170. The van der Waals surface area contributed by atoms with E-state index in [0.717, 1.165) is 30.4 Å². The summed E-state index contributed by atoms with van der Waals surface area (Å²) in [5, 5.41) is 0. The summed E-state index contributed by atoms with van der Waals surface area (Å²) in [5.74, 6) is 0.402. The van der Waals surface area contributed by atoms with Crippen molar-refractivity contribution in [3.05, 3.63) is 58.7 Å². The molecule has 0 heterocycles. The number of nitrogens with one attached hydrogen (secondary N) is 2. The predicted octanol–water partition coefficient (Wildman–Crippen LogP) is 2.40. The summed E-state index contributed by atoms with van der Waals surface area (Å²) in [5.41, 5.74) is 9.38. The van der Waals surface area contributed by atoms with E-state index in [1.807, 2.05) is 50.2 Å². The number of rotatable bonds is 6. The average Bonchev–Trinajstić information content (AvgIpc) is 3.10. The molecule has 6 heteroatoms. The minimum Gasteiger partial charge on any atom is -0.484 e. The van der Waals surface area contributed by atoms with Crippen molar-refractivity contribution in [1.29, 1.82) is 0 Å². The van der Waals surface area contributed by atoms with E-state index in [9.17, 15) is 9.59 Å². The van der Waals surface area contributed by atoms with Crippen LogP contribution in [0.5, 0.6) is 11.5 Å². The molecule has 0 aliphatic heterocycles. The van der Waals surface area contributed by atoms with Crippen LogP contribution in [-0.4, -0.2) is 25.0 Å². The van der Waals surface area contributed by atoms with Crippen LogP contribution in [0.1, 0.15) is 28.7 Å². The van der Waals surface area contributed by atoms with Crippen molar-refractivity contribution >= 4 is 11.8 Å². The number of hydrogen-bond donors (Lipinski definition) is 2. The highest BCUT2D eigenvalue weighted by Crippen LogP contribution is 2.25. The van der Waals surface area contributed by atoms with Crippen molar-refractivity contribution < 1.29 is 19.1 Å². The maximum atomic E-state index is 11.8. The number of ether oxygens (including phenoxy) is 2. The van der Waals surface area contributed by atoms with Gasteiger partial charge in [-0.15, -0.1) is 0 Å². The van der Waals surface area contributed by atoms with Crippen molar-refractivity contribution in [2.75, 3.05) is 13.2 Å². The molecule has 0 fully saturated rings. The van der Waals surface area contributed by atoms with Crippen molar-refractivity contribution in [2.24, 2.45) is 0 Å². The Morgan fingerprint density at radius 3 is 2.07 bits per heavy atom. The van der Waals surface area contributed by atoms with Crippen LogP contribution in [0.15, 0.2) is 36.4 Å². The molecule has 2 aromatic carbocycles. The molecule has 0 atom stereocenters. The first-order valence-corrected chi connectivity index (χ1v) is 9.03. The lowest BCUT2D eigenvalue weighted by Gasteiger charge is -2.11. The number of amides is 2. The van der Waals surface area contributed by atoms with Crippen molar-refractivity contribution in [2.45, 2.75) is 33.1 Å². The van der Waals surface area contributed by atoms with Crippen LogP contribution in [0.25, 0.3) is 0 Å². The van der Waals surface area contributed by atoms with Gasteiger partial charge in [-0.05, 0) is 79.6 Å². The largest absolute Gasteiger partial charge is 0.484 e. The molecular formula is C21H24N2O4. The van der Waals surface area contributed by atoms with Gasteiger partial charge in [-0.25, -0.2) is 0 Å². The van der Waals surface area contributed by atoms with Crippen molar-refractivity contribution in [3.63, 3.8) is 0 Å². The van der Waals surface area contributed by atoms with Crippen LogP contribution in [0.3, 0.4) is 0 Å². The Labute approximate surface area is 158 Å². The number of hydrazine groups is 1. The molecule has 0 saturated carbocycles. The highest BCUT2D eigenvalue weighted by molar-refractivity contribution is 5.83. The van der Waals surface area contributed by atoms with Gasteiger partial charge in [-0.3, -0.25) is 20.4 Å². The van der Waals surface area contributed by atoms with E-state index in [1.54, 1.807) is 0 Å². The minimum atomic E-state index is -0.444. The second-order valence-corrected chi connectivity index (χ2v) is 6.78. The van der Waals surface area contributed by atoms with E-state index in [4.69, 9.17) is 9.47 Å². The van der Waals surface area contributed by atoms with Crippen LogP contribution in [0.2, 0.25) is 0 Å². The standard InChI is InChI=1S/C21H24N2O4/c1-14-8-15(2)10-19(9-14)27-13-21(25)23-22-20(24)12-26-18-7-6-16-4-3-5-17(16)11-18/h6-11H,3-5,12-13H2,1-2H3,(H,22,24)(H,23,25). The third-order valence-corrected chi connectivity index (χ3v) is 4.35. The van der Waals surface area contributed by atoms with Crippen LogP contribution in [0.4, 0.5) is 0 Å². The molecular weight excluding hydrogens is 344 g/mol. The first-order valence-electron chi connectivity index (χ1n) is 9.03. The smallest absolute Gasteiger partial charge is 0.276 e. The molecule has 1 aliphatic carbocycles. The summed E-state index contributed by atoms with van der Waals surface area (Å²) in [7, 11) is 0. The topological polar surface area (TPSA) is 76.7 Å². The third kappa shape index (κ3) is 5.48. The molecule has 3 rings (SSSR count). The van der Waals surface area contributed by atoms with Gasteiger partial charge in [0.2, 0.25) is 0 Å². The number of aryl methyl sites for hydroxylation is 4. The normalized spacial score (nSPS) is 12.2. The monoisotopic (exact) mass is 368 g/mol. The molecule has 27 heavy (non-hydrogen) atoms. The maximum Gasteiger partial charge on any atom is 0.276 e. The van der Waals surface area contributed by atoms with Crippen LogP contribution in [0, 0.1) is 13.8 Å². The summed E-state index contributed by atoms with van der Waals surface area (Å²) < 4.78 is 10.9. The Balaban J connectivity index is 1.37. The number of hydrogen-bond acceptors (Lipinski definition) is 4. The van der Waals surface area contributed by atoms with Gasteiger partial charge >= 0.3 is 0 Å². The summed E-state index contributed by atoms with van der Waals surface area (Å²) >= 11 is 0. The molecule has 2 N–H and O–H groups in total. The summed E-state index contributed by atoms with van der Waals surface area (Å²) in [6.45, 7) is 3.56. The fraction of sp³-hybridized carbons (Fsp3) is 0.333. The van der Waals surface area contributed by atoms with E-state index in [-0.39, 0.29) is 13.2 Å². The number of carbonyl (C=O) groups is 2. The van der Waals surface area contributed by atoms with Gasteiger partial charge in [0.25, 0.3) is 11.8 Å². The van der Waals surface area contributed by atoms with Crippen LogP contribution in [-0.2, 0) is 22.4 Å². The first-order chi connectivity index (χ1) is 13.0. The molecule has 142 valence electrons. The molecule has 6 nitrogen and oxygen atoms in total. The fourth-order valence-corrected chi connectivity index (χ4v) is 3.16. The Morgan fingerprint density at radius 2 is 1.41 bits per heavy atom. The van der Waals surface area contributed by atoms with Gasteiger partial charge in [0, 0.05) is 0 Å². The molecule has 0 aromatic heterocycles. The van der Waals surface area contributed by atoms with Crippen molar-refractivity contribution in [1.82, 2.24) is 10.9 Å². The molecule has 2 amide bonds. The SMILES string of the molecule is Cc1cc(C)cc(OCC(=O)NNC(=O)COc2ccc3c(c2)CCC3)c1. The zero-order valence-electron chi connectivity index (χ0n) is 15.6. The number of fused-ring (bicyclic) bond motifs is 1. The fourth-order valence-electron chi connectivity index (χ4n) is 3.16. The molecule has 0 radical (unpaired) electrons. The Hall–Kier alpha value is -3.02. The Bertz CT molecular complexity index is 828. The quantitative estimate of drug-likeness (QED) is 0.768. The van der Waals surface area contributed by atoms with Crippen LogP contribution >= 0.6 is 0 Å². The summed E-state index contributed by atoms with van der Waals surface area (Å²) in [6.07, 6.45) is 3.32. The van der Waals surface area contributed by atoms with Gasteiger partial charge in [-0.1, -0.05) is 12.1 Å². The Morgan fingerprint density at radius 1 is 0.815 bits per heavy atom. The number of carbonyl (C=O) groups excluding carboxylic acids is 2. The van der Waals surface area contributed by atoms with Crippen LogP contribution < -0.4 is 20.3 Å². The maximum absolute atomic E-state index is 11.8. The first kappa shape index (κ1) is 18.8. The highest BCUT2D eigenvalue weighted by atomic mass is 16.5. The highest BCUT2D eigenvalue weighted by Gasteiger charge is 2.12. The molecule has 0 spiro atoms. The average molecular weight is 368 g/mol. The third-order valence-electron chi connectivity index (χ3n) is 4.35. The van der Waals surface area contributed by atoms with E-state index < -0.39 is 11.8 Å². The second kappa shape index (κ2) is 8.58. The lowest BCUT2D eigenvalue weighted by atomic mass is 10.1. The van der Waals surface area contributed by atoms with Gasteiger partial charge in [0.1, 0.15) is 11.5 Å².